The van der Waals surface area contributed by atoms with Crippen LogP contribution >= 0.6 is 0 Å². The van der Waals surface area contributed by atoms with Gasteiger partial charge in [-0.05, 0) is 37.5 Å². The molecule has 2 atom stereocenters. The van der Waals surface area contributed by atoms with Crippen LogP contribution in [0.2, 0.25) is 0 Å². The monoisotopic (exact) mass is 444 g/mol. The molecule has 1 aromatic carbocycles. The van der Waals surface area contributed by atoms with Crippen molar-refractivity contribution in [1.29, 1.82) is 0 Å². The van der Waals surface area contributed by atoms with Crippen LogP contribution in [0.5, 0.6) is 11.5 Å². The predicted molar refractivity (Wildman–Crippen MR) is 130 cm³/mol. The van der Waals surface area contributed by atoms with Crippen LogP contribution in [-0.4, -0.2) is 43.9 Å². The van der Waals surface area contributed by atoms with Crippen LogP contribution in [0.3, 0.4) is 0 Å². The number of fused-ring (bicyclic) bond motifs is 1. The van der Waals surface area contributed by atoms with Crippen molar-refractivity contribution in [3.8, 4) is 11.5 Å². The highest BCUT2D eigenvalue weighted by Gasteiger charge is 2.34. The lowest BCUT2D eigenvalue weighted by Gasteiger charge is -2.29. The van der Waals surface area contributed by atoms with E-state index < -0.39 is 0 Å². The number of esters is 1. The van der Waals surface area contributed by atoms with Crippen LogP contribution < -0.4 is 14.8 Å². The van der Waals surface area contributed by atoms with Crippen LogP contribution in [0.1, 0.15) is 77.5 Å². The Bertz CT molecular complexity index is 880. The van der Waals surface area contributed by atoms with Gasteiger partial charge in [0.15, 0.2) is 0 Å². The predicted octanol–water partition coefficient (Wildman–Crippen LogP) is 5.41. The third-order valence-corrected chi connectivity index (χ3v) is 5.98. The number of rotatable bonds is 6. The van der Waals surface area contributed by atoms with Crippen LogP contribution in [0.25, 0.3) is 10.9 Å². The van der Waals surface area contributed by atoms with Gasteiger partial charge in [-0.2, -0.15) is 0 Å². The molecule has 2 heterocycles. The first kappa shape index (κ1) is 25.9. The van der Waals surface area contributed by atoms with Crippen molar-refractivity contribution in [2.45, 2.75) is 84.8 Å². The van der Waals surface area contributed by atoms with E-state index in [2.05, 4.69) is 12.2 Å². The second-order valence-electron chi connectivity index (χ2n) is 7.63. The van der Waals surface area contributed by atoms with Gasteiger partial charge < -0.3 is 19.5 Å². The van der Waals surface area contributed by atoms with E-state index in [1.807, 2.05) is 45.9 Å². The molecular formula is C26H40N2O4. The Morgan fingerprint density at radius 2 is 1.88 bits per heavy atom. The van der Waals surface area contributed by atoms with Crippen LogP contribution in [0, 0.1) is 0 Å². The van der Waals surface area contributed by atoms with E-state index in [-0.39, 0.29) is 18.1 Å². The molecule has 1 aliphatic heterocycles. The summed E-state index contributed by atoms with van der Waals surface area (Å²) in [6, 6.07) is 5.73. The molecule has 1 aliphatic carbocycles. The van der Waals surface area contributed by atoms with Crippen molar-refractivity contribution in [3.05, 3.63) is 29.5 Å². The Morgan fingerprint density at radius 3 is 2.44 bits per heavy atom. The van der Waals surface area contributed by atoms with Gasteiger partial charge in [-0.25, -0.2) is 4.98 Å². The third-order valence-electron chi connectivity index (χ3n) is 5.98. The summed E-state index contributed by atoms with van der Waals surface area (Å²) in [5.41, 5.74) is 3.23. The normalized spacial score (nSPS) is 19.7. The number of hydrogen-bond acceptors (Lipinski definition) is 6. The maximum absolute atomic E-state index is 11.8. The number of pyridine rings is 1. The molecule has 2 aliphatic rings. The van der Waals surface area contributed by atoms with Gasteiger partial charge in [0.25, 0.3) is 0 Å². The zero-order chi connectivity index (χ0) is 23.7. The van der Waals surface area contributed by atoms with Crippen molar-refractivity contribution < 1.29 is 19.0 Å². The topological polar surface area (TPSA) is 69.7 Å². The van der Waals surface area contributed by atoms with Crippen LogP contribution in [0.4, 0.5) is 0 Å². The first-order chi connectivity index (χ1) is 15.6. The average Bonchev–Trinajstić information content (AvgIpc) is 3.28. The molecule has 2 unspecified atom stereocenters. The number of ether oxygens (including phenoxy) is 3. The zero-order valence-corrected chi connectivity index (χ0v) is 20.8. The summed E-state index contributed by atoms with van der Waals surface area (Å²) in [6.07, 6.45) is 4.93. The molecule has 2 fully saturated rings. The number of hydrogen-bond donors (Lipinski definition) is 1. The highest BCUT2D eigenvalue weighted by Crippen LogP contribution is 2.44. The Morgan fingerprint density at radius 1 is 1.16 bits per heavy atom. The maximum atomic E-state index is 11.8. The highest BCUT2D eigenvalue weighted by atomic mass is 16.5. The molecule has 6 heteroatoms. The number of carbonyl (C=O) groups is 1. The van der Waals surface area contributed by atoms with Crippen LogP contribution in [-0.2, 0) is 16.0 Å². The average molecular weight is 445 g/mol. The number of aryl methyl sites for hydroxylation is 1. The van der Waals surface area contributed by atoms with Crippen molar-refractivity contribution in [2.75, 3.05) is 20.8 Å². The molecule has 1 saturated heterocycles. The van der Waals surface area contributed by atoms with E-state index in [1.165, 1.54) is 19.1 Å². The lowest BCUT2D eigenvalue weighted by molar-refractivity contribution is -0.142. The molecule has 2 aromatic rings. The zero-order valence-electron chi connectivity index (χ0n) is 20.8. The summed E-state index contributed by atoms with van der Waals surface area (Å²) in [6.45, 7) is 10.8. The van der Waals surface area contributed by atoms with E-state index in [4.69, 9.17) is 19.2 Å². The summed E-state index contributed by atoms with van der Waals surface area (Å²) in [7, 11) is 3.10. The summed E-state index contributed by atoms with van der Waals surface area (Å²) in [5, 5.41) is 4.29. The van der Waals surface area contributed by atoms with Gasteiger partial charge in [0, 0.05) is 29.8 Å². The maximum Gasteiger partial charge on any atom is 0.323 e. The molecule has 0 amide bonds. The fourth-order valence-corrected chi connectivity index (χ4v) is 4.16. The fraction of sp³-hybridized carbons (Fsp3) is 0.615. The molecule has 4 rings (SSSR count). The molecule has 178 valence electrons. The molecule has 0 spiro atoms. The molecule has 0 radical (unpaired) electrons. The standard InChI is InChI=1S/C22H28N2O4.2C2H6/c1-4-16-17-10-14(26-2)8-9-18(17)24-20(13-6-5-7-13)21(16)28-15-11-19(23-12-15)22(25)27-3;2*1-2/h8-10,13,15,19,23H,4-7,11-12H2,1-3H3;2*1-2H3. The Hall–Kier alpha value is -2.34. The fourth-order valence-electron chi connectivity index (χ4n) is 4.16. The number of methoxy groups -OCH3 is 2. The SMILES string of the molecule is CC.CC.CCc1c(OC2CNC(C(=O)OC)C2)c(C2CCC2)nc2ccc(OC)cc12. The van der Waals surface area contributed by atoms with Crippen molar-refractivity contribution >= 4 is 16.9 Å². The molecule has 6 nitrogen and oxygen atoms in total. The summed E-state index contributed by atoms with van der Waals surface area (Å²) < 4.78 is 16.8. The number of nitrogens with zero attached hydrogens (tertiary/aromatic N) is 1. The highest BCUT2D eigenvalue weighted by molar-refractivity contribution is 5.86. The number of aromatic nitrogens is 1. The van der Waals surface area contributed by atoms with Gasteiger partial charge in [0.1, 0.15) is 23.6 Å². The van der Waals surface area contributed by atoms with Crippen molar-refractivity contribution in [3.63, 3.8) is 0 Å². The van der Waals surface area contributed by atoms with Gasteiger partial charge in [0.2, 0.25) is 0 Å². The minimum atomic E-state index is -0.305. The van der Waals surface area contributed by atoms with Gasteiger partial charge >= 0.3 is 5.97 Å². The first-order valence-corrected chi connectivity index (χ1v) is 12.1. The third kappa shape index (κ3) is 5.52. The second kappa shape index (κ2) is 12.6. The van der Waals surface area contributed by atoms with E-state index in [9.17, 15) is 4.79 Å². The largest absolute Gasteiger partial charge is 0.497 e. The summed E-state index contributed by atoms with van der Waals surface area (Å²) >= 11 is 0. The van der Waals surface area contributed by atoms with E-state index in [0.717, 1.165) is 47.4 Å². The first-order valence-electron chi connectivity index (χ1n) is 12.1. The van der Waals surface area contributed by atoms with E-state index in [0.29, 0.717) is 18.9 Å². The van der Waals surface area contributed by atoms with Gasteiger partial charge in [-0.15, -0.1) is 0 Å². The van der Waals surface area contributed by atoms with Crippen LogP contribution in [0.15, 0.2) is 18.2 Å². The Kier molecular flexibility index (Phi) is 10.2. The Labute approximate surface area is 193 Å². The molecule has 32 heavy (non-hydrogen) atoms. The van der Waals surface area contributed by atoms with Gasteiger partial charge in [-0.3, -0.25) is 4.79 Å². The smallest absolute Gasteiger partial charge is 0.323 e. The molecule has 1 saturated carbocycles. The van der Waals surface area contributed by atoms with E-state index in [1.54, 1.807) is 7.11 Å². The summed E-state index contributed by atoms with van der Waals surface area (Å²) in [4.78, 5) is 16.8. The quantitative estimate of drug-likeness (QED) is 0.601. The lowest BCUT2D eigenvalue weighted by atomic mass is 9.81. The van der Waals surface area contributed by atoms with Crippen molar-refractivity contribution in [2.24, 2.45) is 0 Å². The number of nitrogens with one attached hydrogen (secondary N) is 1. The minimum absolute atomic E-state index is 0.0712. The van der Waals surface area contributed by atoms with E-state index >= 15 is 0 Å². The lowest BCUT2D eigenvalue weighted by Crippen LogP contribution is -2.31. The molecule has 1 aromatic heterocycles. The number of carbonyl (C=O) groups excluding carboxylic acids is 1. The summed E-state index contributed by atoms with van der Waals surface area (Å²) in [5.74, 6) is 1.95. The minimum Gasteiger partial charge on any atom is -0.497 e. The van der Waals surface area contributed by atoms with Crippen molar-refractivity contribution in [1.82, 2.24) is 10.3 Å². The van der Waals surface area contributed by atoms with Gasteiger partial charge in [0.05, 0.1) is 25.4 Å². The second-order valence-corrected chi connectivity index (χ2v) is 7.63. The molecule has 0 bridgehead atoms. The van der Waals surface area contributed by atoms with Gasteiger partial charge in [-0.1, -0.05) is 41.0 Å². The Balaban J connectivity index is 0.000000860. The number of benzene rings is 1. The molecule has 1 N–H and O–H groups in total. The molecular weight excluding hydrogens is 404 g/mol.